The molecule has 0 heterocycles. The maximum atomic E-state index is 8.76. The van der Waals surface area contributed by atoms with Gasteiger partial charge in [0.1, 0.15) is 5.75 Å². The summed E-state index contributed by atoms with van der Waals surface area (Å²) in [4.78, 5) is 0. The summed E-state index contributed by atoms with van der Waals surface area (Å²) in [6, 6.07) is 7.98. The summed E-state index contributed by atoms with van der Waals surface area (Å²) in [7, 11) is -1.53. The maximum Gasteiger partial charge on any atom is 0.242 e. The van der Waals surface area contributed by atoms with Crippen molar-refractivity contribution in [3.8, 4) is 5.75 Å². The first kappa shape index (κ1) is 17.4. The zero-order valence-corrected chi connectivity index (χ0v) is 13.2. The first-order valence-electron chi connectivity index (χ1n) is 6.08. The van der Waals surface area contributed by atoms with Crippen molar-refractivity contribution in [2.45, 2.75) is 38.5 Å². The van der Waals surface area contributed by atoms with E-state index in [-0.39, 0.29) is 25.1 Å². The van der Waals surface area contributed by atoms with Gasteiger partial charge in [0.2, 0.25) is 8.32 Å². The Hall–Kier alpha value is -0.553. The van der Waals surface area contributed by atoms with E-state index in [1.807, 2.05) is 24.3 Å². The average molecular weight is 290 g/mol. The van der Waals surface area contributed by atoms with Gasteiger partial charge < -0.3 is 15.3 Å². The molecule has 3 nitrogen and oxygen atoms in total. The molecule has 0 saturated heterocycles. The summed E-state index contributed by atoms with van der Waals surface area (Å²) in [6.45, 7) is 6.68. The predicted octanol–water partition coefficient (Wildman–Crippen LogP) is 3.09. The molecule has 1 atom stereocenters. The fourth-order valence-corrected chi connectivity index (χ4v) is 2.46. The van der Waals surface area contributed by atoms with Crippen LogP contribution < -0.4 is 10.2 Å². The van der Waals surface area contributed by atoms with Crippen LogP contribution in [0.1, 0.15) is 24.4 Å². The third kappa shape index (κ3) is 6.40. The van der Waals surface area contributed by atoms with E-state index in [1.54, 1.807) is 0 Å². The van der Waals surface area contributed by atoms with E-state index in [0.717, 1.165) is 24.2 Å². The lowest BCUT2D eigenvalue weighted by Gasteiger charge is -2.20. The molecular formula is C13H24ClNO2Si. The summed E-state index contributed by atoms with van der Waals surface area (Å²) >= 11 is 0. The van der Waals surface area contributed by atoms with Crippen LogP contribution in [0.3, 0.4) is 0 Å². The lowest BCUT2D eigenvalue weighted by molar-refractivity contribution is 0.280. The predicted molar refractivity (Wildman–Crippen MR) is 80.9 cm³/mol. The van der Waals surface area contributed by atoms with Crippen molar-refractivity contribution < 1.29 is 9.53 Å². The Kier molecular flexibility index (Phi) is 7.55. The molecule has 18 heavy (non-hydrogen) atoms. The van der Waals surface area contributed by atoms with Gasteiger partial charge in [-0.2, -0.15) is 0 Å². The lowest BCUT2D eigenvalue weighted by Crippen LogP contribution is -2.29. The minimum absolute atomic E-state index is 0. The average Bonchev–Trinajstić information content (AvgIpc) is 2.24. The molecule has 0 aliphatic rings. The summed E-state index contributed by atoms with van der Waals surface area (Å²) in [5.41, 5.74) is 7.11. The minimum atomic E-state index is -1.53. The van der Waals surface area contributed by atoms with Gasteiger partial charge in [-0.25, -0.2) is 0 Å². The van der Waals surface area contributed by atoms with Crippen LogP contribution in [0.25, 0.3) is 0 Å². The highest BCUT2D eigenvalue weighted by atomic mass is 35.5. The number of rotatable bonds is 6. The highest BCUT2D eigenvalue weighted by Crippen LogP contribution is 2.21. The summed E-state index contributed by atoms with van der Waals surface area (Å²) in [5.74, 6) is 0.919. The second kappa shape index (κ2) is 7.79. The van der Waals surface area contributed by atoms with Gasteiger partial charge in [-0.15, -0.1) is 12.4 Å². The fraction of sp³-hybridized carbons (Fsp3) is 0.538. The van der Waals surface area contributed by atoms with Crippen LogP contribution in [0.5, 0.6) is 5.75 Å². The lowest BCUT2D eigenvalue weighted by atomic mass is 10.0. The van der Waals surface area contributed by atoms with Crippen LogP contribution in [-0.4, -0.2) is 20.0 Å². The second-order valence-electron chi connectivity index (χ2n) is 5.26. The van der Waals surface area contributed by atoms with Gasteiger partial charge in [0, 0.05) is 12.6 Å². The first-order chi connectivity index (χ1) is 7.92. The molecule has 0 amide bonds. The molecule has 1 aromatic carbocycles. The van der Waals surface area contributed by atoms with Crippen LogP contribution in [0.4, 0.5) is 0 Å². The number of aliphatic hydroxyl groups is 1. The summed E-state index contributed by atoms with van der Waals surface area (Å²) in [5, 5.41) is 8.76. The van der Waals surface area contributed by atoms with Crippen molar-refractivity contribution in [1.29, 1.82) is 0 Å². The molecular weight excluding hydrogens is 266 g/mol. The summed E-state index contributed by atoms with van der Waals surface area (Å²) < 4.78 is 5.88. The van der Waals surface area contributed by atoms with E-state index in [9.17, 15) is 0 Å². The number of halogens is 1. The van der Waals surface area contributed by atoms with Gasteiger partial charge in [-0.1, -0.05) is 12.1 Å². The van der Waals surface area contributed by atoms with Gasteiger partial charge in [0.15, 0.2) is 0 Å². The molecule has 104 valence electrons. The molecule has 5 heteroatoms. The van der Waals surface area contributed by atoms with E-state index < -0.39 is 8.32 Å². The van der Waals surface area contributed by atoms with Crippen molar-refractivity contribution in [3.05, 3.63) is 29.8 Å². The Morgan fingerprint density at radius 3 is 2.22 bits per heavy atom. The SMILES string of the molecule is C[Si](C)(C)Oc1ccc([C@H](N)CCCO)cc1.Cl. The van der Waals surface area contributed by atoms with E-state index in [0.29, 0.717) is 0 Å². The van der Waals surface area contributed by atoms with E-state index in [2.05, 4.69) is 19.6 Å². The number of hydrogen-bond acceptors (Lipinski definition) is 3. The minimum Gasteiger partial charge on any atom is -0.544 e. The van der Waals surface area contributed by atoms with Crippen molar-refractivity contribution in [3.63, 3.8) is 0 Å². The molecule has 1 rings (SSSR count). The largest absolute Gasteiger partial charge is 0.544 e. The molecule has 0 aliphatic carbocycles. The quantitative estimate of drug-likeness (QED) is 0.791. The normalized spacial score (nSPS) is 12.7. The maximum absolute atomic E-state index is 8.76. The molecule has 0 fully saturated rings. The van der Waals surface area contributed by atoms with Crippen molar-refractivity contribution in [2.24, 2.45) is 5.73 Å². The van der Waals surface area contributed by atoms with Crippen molar-refractivity contribution in [2.75, 3.05) is 6.61 Å². The van der Waals surface area contributed by atoms with E-state index in [4.69, 9.17) is 15.3 Å². The monoisotopic (exact) mass is 289 g/mol. The van der Waals surface area contributed by atoms with Gasteiger partial charge in [0.05, 0.1) is 0 Å². The zero-order valence-electron chi connectivity index (χ0n) is 11.3. The van der Waals surface area contributed by atoms with Gasteiger partial charge in [-0.3, -0.25) is 0 Å². The molecule has 0 aliphatic heterocycles. The highest BCUT2D eigenvalue weighted by Gasteiger charge is 2.16. The second-order valence-corrected chi connectivity index (χ2v) is 9.68. The van der Waals surface area contributed by atoms with Crippen LogP contribution in [0, 0.1) is 0 Å². The molecule has 3 N–H and O–H groups in total. The van der Waals surface area contributed by atoms with E-state index >= 15 is 0 Å². The molecule has 0 bridgehead atoms. The Morgan fingerprint density at radius 2 is 1.78 bits per heavy atom. The highest BCUT2D eigenvalue weighted by molar-refractivity contribution is 6.70. The molecule has 0 aromatic heterocycles. The molecule has 1 aromatic rings. The van der Waals surface area contributed by atoms with Gasteiger partial charge in [0.25, 0.3) is 0 Å². The fourth-order valence-electron chi connectivity index (χ4n) is 1.61. The summed E-state index contributed by atoms with van der Waals surface area (Å²) in [6.07, 6.45) is 1.55. The number of aliphatic hydroxyl groups excluding tert-OH is 1. The standard InChI is InChI=1S/C13H23NO2Si.ClH/c1-17(2,3)16-12-8-6-11(7-9-12)13(14)5-4-10-15;/h6-9,13,15H,4-5,10,14H2,1-3H3;1H/t13-;/m1./s1. The van der Waals surface area contributed by atoms with Crippen molar-refractivity contribution >= 4 is 20.7 Å². The Labute approximate surface area is 117 Å². The molecule has 0 radical (unpaired) electrons. The Bertz CT molecular complexity index is 338. The number of benzene rings is 1. The van der Waals surface area contributed by atoms with Gasteiger partial charge >= 0.3 is 0 Å². The van der Waals surface area contributed by atoms with Crippen LogP contribution >= 0.6 is 12.4 Å². The smallest absolute Gasteiger partial charge is 0.242 e. The number of nitrogens with two attached hydrogens (primary N) is 1. The molecule has 0 spiro atoms. The molecule has 0 unspecified atom stereocenters. The van der Waals surface area contributed by atoms with Crippen LogP contribution in [0.15, 0.2) is 24.3 Å². The zero-order chi connectivity index (χ0) is 12.9. The van der Waals surface area contributed by atoms with Crippen LogP contribution in [-0.2, 0) is 0 Å². The Morgan fingerprint density at radius 1 is 1.22 bits per heavy atom. The van der Waals surface area contributed by atoms with Crippen LogP contribution in [0.2, 0.25) is 19.6 Å². The molecule has 0 saturated carbocycles. The van der Waals surface area contributed by atoms with Gasteiger partial charge in [-0.05, 0) is 50.2 Å². The topological polar surface area (TPSA) is 55.5 Å². The van der Waals surface area contributed by atoms with E-state index in [1.165, 1.54) is 0 Å². The third-order valence-corrected chi connectivity index (χ3v) is 3.25. The third-order valence-electron chi connectivity index (χ3n) is 2.41. The first-order valence-corrected chi connectivity index (χ1v) is 9.48. The number of hydrogen-bond donors (Lipinski definition) is 2. The van der Waals surface area contributed by atoms with Crippen molar-refractivity contribution in [1.82, 2.24) is 0 Å². The Balaban J connectivity index is 0.00000289.